The highest BCUT2D eigenvalue weighted by atomic mass is 14.5. The monoisotopic (exact) mass is 822 g/mol. The Hall–Kier alpha value is -8.32. The molecule has 12 aromatic carbocycles. The van der Waals surface area contributed by atoms with Crippen LogP contribution in [0.25, 0.3) is 98.7 Å². The van der Waals surface area contributed by atoms with Gasteiger partial charge in [-0.3, -0.25) is 0 Å². The zero-order valence-electron chi connectivity index (χ0n) is 35.7. The van der Waals surface area contributed by atoms with E-state index in [9.17, 15) is 0 Å². The zero-order chi connectivity index (χ0) is 42.9. The van der Waals surface area contributed by atoms with Crippen LogP contribution < -0.4 is 0 Å². The lowest BCUT2D eigenvalue weighted by molar-refractivity contribution is 0.769. The fourth-order valence-corrected chi connectivity index (χ4v) is 11.1. The lowest BCUT2D eigenvalue weighted by Gasteiger charge is -2.34. The summed E-state index contributed by atoms with van der Waals surface area (Å²) in [6, 6.07) is 94.6. The van der Waals surface area contributed by atoms with Gasteiger partial charge >= 0.3 is 0 Å². The standard InChI is InChI=1S/C65H42/c1-3-15-53-49(13-1)41-61(57-19-7-5-17-55(53)57)47-29-25-43(26-30-47)45-33-37-51(38-34-45)65(63-23-11-9-21-59(63)60-22-10-12-24-64(60)65)52-39-35-46(36-40-52)44-27-31-48(32-28-44)62-42-50-14-2-4-16-54(50)56-18-6-8-20-58(56)62/h1-42H. The normalized spacial score (nSPS) is 12.7. The molecule has 0 aliphatic heterocycles. The second-order valence-corrected chi connectivity index (χ2v) is 17.5. The zero-order valence-corrected chi connectivity index (χ0v) is 35.7. The van der Waals surface area contributed by atoms with Crippen molar-refractivity contribution in [2.45, 2.75) is 5.41 Å². The van der Waals surface area contributed by atoms with Gasteiger partial charge in [0.25, 0.3) is 0 Å². The third kappa shape index (κ3) is 5.84. The Kier molecular flexibility index (Phi) is 8.54. The van der Waals surface area contributed by atoms with Crippen LogP contribution >= 0.6 is 0 Å². The van der Waals surface area contributed by atoms with Crippen molar-refractivity contribution >= 4 is 43.1 Å². The van der Waals surface area contributed by atoms with Gasteiger partial charge in [-0.05, 0) is 133 Å². The smallest absolute Gasteiger partial charge is 0.0619 e. The Morgan fingerprint density at radius 3 is 0.892 bits per heavy atom. The summed E-state index contributed by atoms with van der Waals surface area (Å²) in [5.41, 5.74) is 17.1. The van der Waals surface area contributed by atoms with E-state index in [4.69, 9.17) is 0 Å². The van der Waals surface area contributed by atoms with Gasteiger partial charge in [0, 0.05) is 0 Å². The Morgan fingerprint density at radius 2 is 0.492 bits per heavy atom. The topological polar surface area (TPSA) is 0 Å². The predicted molar refractivity (Wildman–Crippen MR) is 276 cm³/mol. The molecule has 0 heteroatoms. The molecule has 13 rings (SSSR count). The van der Waals surface area contributed by atoms with Crippen molar-refractivity contribution in [2.24, 2.45) is 0 Å². The minimum absolute atomic E-state index is 0.480. The fourth-order valence-electron chi connectivity index (χ4n) is 11.1. The predicted octanol–water partition coefficient (Wildman–Crippen LogP) is 17.3. The van der Waals surface area contributed by atoms with E-state index >= 15 is 0 Å². The maximum atomic E-state index is 2.36. The van der Waals surface area contributed by atoms with Crippen molar-refractivity contribution in [1.29, 1.82) is 0 Å². The molecular formula is C65H42. The highest BCUT2D eigenvalue weighted by Gasteiger charge is 2.45. The molecule has 0 unspecified atom stereocenters. The highest BCUT2D eigenvalue weighted by molar-refractivity contribution is 6.15. The number of benzene rings is 12. The van der Waals surface area contributed by atoms with Crippen LogP contribution in [0.1, 0.15) is 22.3 Å². The van der Waals surface area contributed by atoms with Gasteiger partial charge in [0.05, 0.1) is 5.41 Å². The van der Waals surface area contributed by atoms with Crippen LogP contribution in [0.2, 0.25) is 0 Å². The summed E-state index contributed by atoms with van der Waals surface area (Å²) in [5, 5.41) is 10.3. The number of hydrogen-bond acceptors (Lipinski definition) is 0. The molecule has 0 bridgehead atoms. The first-order chi connectivity index (χ1) is 32.2. The molecule has 0 atom stereocenters. The van der Waals surface area contributed by atoms with Crippen molar-refractivity contribution in [3.05, 3.63) is 277 Å². The van der Waals surface area contributed by atoms with Gasteiger partial charge in [-0.1, -0.05) is 243 Å². The van der Waals surface area contributed by atoms with Crippen molar-refractivity contribution in [2.75, 3.05) is 0 Å². The van der Waals surface area contributed by atoms with Crippen LogP contribution in [-0.4, -0.2) is 0 Å². The largest absolute Gasteiger partial charge is 0.0713 e. The Balaban J connectivity index is 0.867. The second kappa shape index (κ2) is 14.9. The van der Waals surface area contributed by atoms with Gasteiger partial charge in [-0.25, -0.2) is 0 Å². The van der Waals surface area contributed by atoms with Crippen LogP contribution in [0.5, 0.6) is 0 Å². The molecule has 0 heterocycles. The van der Waals surface area contributed by atoms with E-state index < -0.39 is 5.41 Å². The molecule has 1 aliphatic rings. The number of hydrogen-bond donors (Lipinski definition) is 0. The number of rotatable bonds is 6. The van der Waals surface area contributed by atoms with Crippen molar-refractivity contribution < 1.29 is 0 Å². The van der Waals surface area contributed by atoms with E-state index in [0.717, 1.165) is 0 Å². The molecule has 302 valence electrons. The van der Waals surface area contributed by atoms with Crippen LogP contribution in [-0.2, 0) is 5.41 Å². The SMILES string of the molecule is c1ccc2c(c1)-c1ccccc1C2(c1ccc(-c2ccc(-c3cc4ccccc4c4ccccc34)cc2)cc1)c1ccc(-c2ccc(-c3cc4ccccc4c4ccccc34)cc2)cc1. The summed E-state index contributed by atoms with van der Waals surface area (Å²) in [7, 11) is 0. The lowest BCUT2D eigenvalue weighted by Crippen LogP contribution is -2.28. The molecule has 0 saturated carbocycles. The van der Waals surface area contributed by atoms with E-state index in [1.165, 1.54) is 121 Å². The van der Waals surface area contributed by atoms with E-state index in [-0.39, 0.29) is 0 Å². The quantitative estimate of drug-likeness (QED) is 0.147. The minimum Gasteiger partial charge on any atom is -0.0619 e. The molecule has 0 aromatic heterocycles. The molecule has 0 nitrogen and oxygen atoms in total. The van der Waals surface area contributed by atoms with Crippen LogP contribution in [0.4, 0.5) is 0 Å². The summed E-state index contributed by atoms with van der Waals surface area (Å²) in [6.07, 6.45) is 0. The summed E-state index contributed by atoms with van der Waals surface area (Å²) in [5.74, 6) is 0. The summed E-state index contributed by atoms with van der Waals surface area (Å²) >= 11 is 0. The first-order valence-electron chi connectivity index (χ1n) is 22.7. The van der Waals surface area contributed by atoms with Gasteiger partial charge in [0.1, 0.15) is 0 Å². The van der Waals surface area contributed by atoms with Gasteiger partial charge in [-0.15, -0.1) is 0 Å². The molecule has 0 fully saturated rings. The van der Waals surface area contributed by atoms with Crippen molar-refractivity contribution in [1.82, 2.24) is 0 Å². The Labute approximate surface area is 379 Å². The Bertz CT molecular complexity index is 3530. The average molecular weight is 823 g/mol. The maximum absolute atomic E-state index is 2.36. The first-order valence-corrected chi connectivity index (χ1v) is 22.7. The average Bonchev–Trinajstić information content (AvgIpc) is 3.69. The highest BCUT2D eigenvalue weighted by Crippen LogP contribution is 2.56. The number of fused-ring (bicyclic) bond motifs is 9. The molecule has 0 amide bonds. The van der Waals surface area contributed by atoms with Crippen molar-refractivity contribution in [3.63, 3.8) is 0 Å². The minimum atomic E-state index is -0.480. The van der Waals surface area contributed by atoms with Gasteiger partial charge < -0.3 is 0 Å². The van der Waals surface area contributed by atoms with Crippen LogP contribution in [0.15, 0.2) is 255 Å². The second-order valence-electron chi connectivity index (χ2n) is 17.5. The molecule has 65 heavy (non-hydrogen) atoms. The van der Waals surface area contributed by atoms with Crippen LogP contribution in [0.3, 0.4) is 0 Å². The van der Waals surface area contributed by atoms with Crippen molar-refractivity contribution in [3.8, 4) is 55.6 Å². The molecule has 0 N–H and O–H groups in total. The Morgan fingerprint density at radius 1 is 0.200 bits per heavy atom. The van der Waals surface area contributed by atoms with Gasteiger partial charge in [-0.2, -0.15) is 0 Å². The molecule has 0 spiro atoms. The molecule has 0 radical (unpaired) electrons. The summed E-state index contributed by atoms with van der Waals surface area (Å²) in [4.78, 5) is 0. The van der Waals surface area contributed by atoms with Gasteiger partial charge in [0.15, 0.2) is 0 Å². The van der Waals surface area contributed by atoms with E-state index in [1.807, 2.05) is 0 Å². The lowest BCUT2D eigenvalue weighted by atomic mass is 9.67. The van der Waals surface area contributed by atoms with Gasteiger partial charge in [0.2, 0.25) is 0 Å². The van der Waals surface area contributed by atoms with E-state index in [0.29, 0.717) is 0 Å². The fraction of sp³-hybridized carbons (Fsp3) is 0.0154. The third-order valence-corrected chi connectivity index (χ3v) is 14.2. The van der Waals surface area contributed by atoms with E-state index in [1.54, 1.807) is 0 Å². The molecular weight excluding hydrogens is 781 g/mol. The van der Waals surface area contributed by atoms with Crippen LogP contribution in [0, 0.1) is 0 Å². The molecule has 1 aliphatic carbocycles. The molecule has 12 aromatic rings. The maximum Gasteiger partial charge on any atom is 0.0713 e. The summed E-state index contributed by atoms with van der Waals surface area (Å²) in [6.45, 7) is 0. The van der Waals surface area contributed by atoms with E-state index in [2.05, 4.69) is 255 Å². The third-order valence-electron chi connectivity index (χ3n) is 14.2. The summed E-state index contributed by atoms with van der Waals surface area (Å²) < 4.78 is 0. The molecule has 0 saturated heterocycles. The first kappa shape index (κ1) is 37.3.